The van der Waals surface area contributed by atoms with E-state index in [-0.39, 0.29) is 0 Å². The van der Waals surface area contributed by atoms with Crippen molar-refractivity contribution >= 4 is 34.5 Å². The topological polar surface area (TPSA) is 0 Å². The van der Waals surface area contributed by atoms with E-state index in [0.717, 1.165) is 12.8 Å². The molecule has 1 aromatic heterocycles. The van der Waals surface area contributed by atoms with E-state index in [4.69, 9.17) is 23.2 Å². The molecule has 1 heterocycles. The molecule has 3 heteroatoms. The van der Waals surface area contributed by atoms with E-state index in [0.29, 0.717) is 9.36 Å². The second-order valence-electron chi connectivity index (χ2n) is 2.08. The smallest absolute Gasteiger partial charge is 0.112 e. The summed E-state index contributed by atoms with van der Waals surface area (Å²) in [7, 11) is 0. The van der Waals surface area contributed by atoms with Crippen molar-refractivity contribution in [3.63, 3.8) is 0 Å². The summed E-state index contributed by atoms with van der Waals surface area (Å²) in [4.78, 5) is 1.28. The Balaban J connectivity index is 2.77. The van der Waals surface area contributed by atoms with Crippen molar-refractivity contribution in [2.24, 2.45) is 0 Å². The number of hydrogen-bond donors (Lipinski definition) is 0. The van der Waals surface area contributed by atoms with Crippen LogP contribution in [-0.4, -0.2) is 0 Å². The van der Waals surface area contributed by atoms with E-state index >= 15 is 0 Å². The summed E-state index contributed by atoms with van der Waals surface area (Å²) >= 11 is 13.1. The molecule has 0 aromatic carbocycles. The van der Waals surface area contributed by atoms with Crippen LogP contribution in [0.25, 0.3) is 0 Å². The minimum Gasteiger partial charge on any atom is -0.127 e. The van der Waals surface area contributed by atoms with Gasteiger partial charge in [0.15, 0.2) is 0 Å². The van der Waals surface area contributed by atoms with E-state index in [1.54, 1.807) is 11.3 Å². The third-order valence-electron chi connectivity index (χ3n) is 1.19. The van der Waals surface area contributed by atoms with Crippen LogP contribution in [0, 0.1) is 0 Å². The molecular formula is C7H8Cl2S. The van der Waals surface area contributed by atoms with Crippen LogP contribution in [0.3, 0.4) is 0 Å². The molecule has 0 radical (unpaired) electrons. The van der Waals surface area contributed by atoms with Crippen molar-refractivity contribution in [2.75, 3.05) is 0 Å². The molecule has 0 nitrogen and oxygen atoms in total. The molecular weight excluding hydrogens is 187 g/mol. The number of hydrogen-bond acceptors (Lipinski definition) is 1. The third kappa shape index (κ3) is 1.88. The number of aryl methyl sites for hydroxylation is 1. The van der Waals surface area contributed by atoms with E-state index in [1.165, 1.54) is 4.88 Å². The Bertz CT molecular complexity index is 198. The summed E-state index contributed by atoms with van der Waals surface area (Å²) in [6.45, 7) is 2.14. The molecule has 0 spiro atoms. The highest BCUT2D eigenvalue weighted by atomic mass is 35.5. The molecule has 0 aliphatic rings. The summed E-state index contributed by atoms with van der Waals surface area (Å²) in [5.41, 5.74) is 0. The first-order chi connectivity index (χ1) is 4.74. The number of thiophene rings is 1. The van der Waals surface area contributed by atoms with Gasteiger partial charge in [0.25, 0.3) is 0 Å². The fourth-order valence-electron chi connectivity index (χ4n) is 0.761. The summed E-state index contributed by atoms with van der Waals surface area (Å²) in [5.74, 6) is 0. The minimum absolute atomic E-state index is 0.690. The first-order valence-electron chi connectivity index (χ1n) is 3.17. The van der Waals surface area contributed by atoms with Crippen LogP contribution in [0.5, 0.6) is 0 Å². The highest BCUT2D eigenvalue weighted by molar-refractivity contribution is 7.16. The maximum atomic E-state index is 5.75. The molecule has 0 aliphatic heterocycles. The summed E-state index contributed by atoms with van der Waals surface area (Å²) in [5, 5.41) is 0.690. The van der Waals surface area contributed by atoms with Crippen molar-refractivity contribution in [3.05, 3.63) is 20.3 Å². The monoisotopic (exact) mass is 194 g/mol. The Morgan fingerprint density at radius 2 is 2.20 bits per heavy atom. The van der Waals surface area contributed by atoms with E-state index in [9.17, 15) is 0 Å². The maximum absolute atomic E-state index is 5.75. The average Bonchev–Trinajstić information content (AvgIpc) is 2.14. The van der Waals surface area contributed by atoms with E-state index in [2.05, 4.69) is 6.92 Å². The van der Waals surface area contributed by atoms with Crippen LogP contribution in [-0.2, 0) is 6.42 Å². The maximum Gasteiger partial charge on any atom is 0.112 e. The first-order valence-corrected chi connectivity index (χ1v) is 4.75. The zero-order valence-electron chi connectivity index (χ0n) is 5.66. The predicted molar refractivity (Wildman–Crippen MR) is 48.3 cm³/mol. The van der Waals surface area contributed by atoms with Gasteiger partial charge in [-0.1, -0.05) is 36.5 Å². The lowest BCUT2D eigenvalue weighted by molar-refractivity contribution is 0.940. The molecule has 0 unspecified atom stereocenters. The second-order valence-corrected chi connectivity index (χ2v) is 4.23. The molecule has 0 amide bonds. The molecule has 0 atom stereocenters. The van der Waals surface area contributed by atoms with Gasteiger partial charge in [-0.05, 0) is 12.5 Å². The Hall–Kier alpha value is 0.280. The van der Waals surface area contributed by atoms with Crippen molar-refractivity contribution in [1.82, 2.24) is 0 Å². The van der Waals surface area contributed by atoms with Gasteiger partial charge in [0.05, 0.1) is 5.02 Å². The lowest BCUT2D eigenvalue weighted by atomic mass is 10.3. The molecule has 0 bridgehead atoms. The van der Waals surface area contributed by atoms with Crippen LogP contribution in [0.2, 0.25) is 9.36 Å². The van der Waals surface area contributed by atoms with Crippen molar-refractivity contribution in [3.8, 4) is 0 Å². The SMILES string of the molecule is CCCc1cc(Cl)c(Cl)s1. The molecule has 10 heavy (non-hydrogen) atoms. The molecule has 0 saturated heterocycles. The van der Waals surface area contributed by atoms with E-state index < -0.39 is 0 Å². The highest BCUT2D eigenvalue weighted by Crippen LogP contribution is 2.31. The molecule has 0 fully saturated rings. The summed E-state index contributed by atoms with van der Waals surface area (Å²) in [6.07, 6.45) is 2.23. The predicted octanol–water partition coefficient (Wildman–Crippen LogP) is 4.01. The molecule has 1 rings (SSSR count). The first kappa shape index (κ1) is 8.38. The highest BCUT2D eigenvalue weighted by Gasteiger charge is 2.02. The number of halogens is 2. The Labute approximate surface area is 74.8 Å². The molecule has 0 saturated carbocycles. The van der Waals surface area contributed by atoms with Crippen molar-refractivity contribution in [2.45, 2.75) is 19.8 Å². The van der Waals surface area contributed by atoms with Crippen LogP contribution in [0.1, 0.15) is 18.2 Å². The quantitative estimate of drug-likeness (QED) is 0.668. The fraction of sp³-hybridized carbons (Fsp3) is 0.429. The van der Waals surface area contributed by atoms with Crippen LogP contribution in [0.15, 0.2) is 6.07 Å². The van der Waals surface area contributed by atoms with Gasteiger partial charge < -0.3 is 0 Å². The van der Waals surface area contributed by atoms with Gasteiger partial charge in [-0.25, -0.2) is 0 Å². The minimum atomic E-state index is 0.690. The fourth-order valence-corrected chi connectivity index (χ4v) is 2.29. The average molecular weight is 195 g/mol. The number of rotatable bonds is 2. The zero-order valence-corrected chi connectivity index (χ0v) is 7.98. The van der Waals surface area contributed by atoms with E-state index in [1.807, 2.05) is 6.07 Å². The standard InChI is InChI=1S/C7H8Cl2S/c1-2-3-5-4-6(8)7(9)10-5/h4H,2-3H2,1H3. The Morgan fingerprint density at radius 3 is 2.60 bits per heavy atom. The van der Waals surface area contributed by atoms with Crippen LogP contribution < -0.4 is 0 Å². The Morgan fingerprint density at radius 1 is 1.50 bits per heavy atom. The molecule has 0 N–H and O–H groups in total. The van der Waals surface area contributed by atoms with Crippen molar-refractivity contribution in [1.29, 1.82) is 0 Å². The van der Waals surface area contributed by atoms with Gasteiger partial charge in [-0.2, -0.15) is 0 Å². The lowest BCUT2D eigenvalue weighted by Crippen LogP contribution is -1.71. The zero-order chi connectivity index (χ0) is 7.56. The normalized spacial score (nSPS) is 10.3. The van der Waals surface area contributed by atoms with Gasteiger partial charge >= 0.3 is 0 Å². The summed E-state index contributed by atoms with van der Waals surface area (Å²) < 4.78 is 0.713. The lowest BCUT2D eigenvalue weighted by Gasteiger charge is -1.86. The van der Waals surface area contributed by atoms with Gasteiger partial charge in [0.2, 0.25) is 0 Å². The molecule has 0 aliphatic carbocycles. The largest absolute Gasteiger partial charge is 0.127 e. The second kappa shape index (κ2) is 3.61. The van der Waals surface area contributed by atoms with Crippen molar-refractivity contribution < 1.29 is 0 Å². The van der Waals surface area contributed by atoms with Gasteiger partial charge in [-0.3, -0.25) is 0 Å². The molecule has 1 aromatic rings. The van der Waals surface area contributed by atoms with Gasteiger partial charge in [0, 0.05) is 4.88 Å². The van der Waals surface area contributed by atoms with Crippen LogP contribution >= 0.6 is 34.5 Å². The third-order valence-corrected chi connectivity index (χ3v) is 3.12. The van der Waals surface area contributed by atoms with Gasteiger partial charge in [-0.15, -0.1) is 11.3 Å². The molecule has 56 valence electrons. The van der Waals surface area contributed by atoms with Crippen LogP contribution in [0.4, 0.5) is 0 Å². The Kier molecular flexibility index (Phi) is 3.02. The summed E-state index contributed by atoms with van der Waals surface area (Å²) in [6, 6.07) is 1.94. The van der Waals surface area contributed by atoms with Gasteiger partial charge in [0.1, 0.15) is 4.34 Å².